The molecule has 1 heterocycles. The van der Waals surface area contributed by atoms with Crippen molar-refractivity contribution in [3.8, 4) is 5.75 Å². The van der Waals surface area contributed by atoms with Crippen molar-refractivity contribution < 1.29 is 13.9 Å². The Bertz CT molecular complexity index is 789. The Hall–Kier alpha value is -1.82. The molecular weight excluding hydrogens is 402 g/mol. The Kier molecular flexibility index (Phi) is 8.10. The molecular formula is C21H25Cl2FN2O2. The Morgan fingerprint density at radius 1 is 1.29 bits per heavy atom. The maximum atomic E-state index is 13.3. The maximum absolute atomic E-state index is 13.3. The van der Waals surface area contributed by atoms with E-state index >= 15 is 0 Å². The summed E-state index contributed by atoms with van der Waals surface area (Å²) in [5, 5.41) is 0.135. The first-order valence-corrected chi connectivity index (χ1v) is 9.54. The van der Waals surface area contributed by atoms with Crippen molar-refractivity contribution in [2.24, 2.45) is 11.7 Å². The van der Waals surface area contributed by atoms with Crippen LogP contribution in [0.25, 0.3) is 0 Å². The highest BCUT2D eigenvalue weighted by molar-refractivity contribution is 6.32. The summed E-state index contributed by atoms with van der Waals surface area (Å²) < 4.78 is 19.3. The van der Waals surface area contributed by atoms with E-state index in [1.165, 1.54) is 18.2 Å². The van der Waals surface area contributed by atoms with E-state index in [0.717, 1.165) is 18.4 Å². The van der Waals surface area contributed by atoms with Crippen LogP contribution in [0.1, 0.15) is 31.4 Å². The second kappa shape index (κ2) is 10.1. The van der Waals surface area contributed by atoms with Gasteiger partial charge in [-0.3, -0.25) is 4.79 Å². The van der Waals surface area contributed by atoms with Gasteiger partial charge in [0, 0.05) is 24.7 Å². The highest BCUT2D eigenvalue weighted by atomic mass is 35.5. The summed E-state index contributed by atoms with van der Waals surface area (Å²) >= 11 is 6.11. The molecule has 1 aliphatic heterocycles. The number of piperidine rings is 1. The molecule has 7 heteroatoms. The first kappa shape index (κ1) is 22.5. The molecule has 3 unspecified atom stereocenters. The molecule has 1 amide bonds. The van der Waals surface area contributed by atoms with Gasteiger partial charge in [-0.2, -0.15) is 0 Å². The molecule has 1 saturated heterocycles. The number of ether oxygens (including phenoxy) is 1. The summed E-state index contributed by atoms with van der Waals surface area (Å²) in [6.45, 7) is 3.26. The van der Waals surface area contributed by atoms with Crippen molar-refractivity contribution in [2.45, 2.75) is 31.9 Å². The van der Waals surface area contributed by atoms with Gasteiger partial charge in [0.2, 0.25) is 6.10 Å². The minimum Gasteiger partial charge on any atom is -0.474 e. The predicted octanol–water partition coefficient (Wildman–Crippen LogP) is 4.61. The third kappa shape index (κ3) is 5.37. The maximum Gasteiger partial charge on any atom is 0.268 e. The van der Waals surface area contributed by atoms with Crippen LogP contribution in [0, 0.1) is 11.7 Å². The number of likely N-dealkylation sites (tertiary alicyclic amines) is 1. The van der Waals surface area contributed by atoms with Crippen molar-refractivity contribution in [3.05, 3.63) is 64.9 Å². The lowest BCUT2D eigenvalue weighted by atomic mass is 9.91. The second-order valence-electron chi connectivity index (χ2n) is 7.03. The fourth-order valence-corrected chi connectivity index (χ4v) is 3.60. The summed E-state index contributed by atoms with van der Waals surface area (Å²) in [5.74, 6) is -0.0350. The Morgan fingerprint density at radius 3 is 2.64 bits per heavy atom. The van der Waals surface area contributed by atoms with Crippen LogP contribution in [0.4, 0.5) is 4.39 Å². The molecule has 2 N–H and O–H groups in total. The van der Waals surface area contributed by atoms with Crippen LogP contribution in [0.15, 0.2) is 48.5 Å². The molecule has 3 atom stereocenters. The van der Waals surface area contributed by atoms with Crippen LogP contribution in [0.3, 0.4) is 0 Å². The average Bonchev–Trinajstić information content (AvgIpc) is 2.67. The normalized spacial score (nSPS) is 18.7. The quantitative estimate of drug-likeness (QED) is 0.759. The van der Waals surface area contributed by atoms with Crippen molar-refractivity contribution >= 4 is 29.9 Å². The zero-order chi connectivity index (χ0) is 19.4. The molecule has 0 aliphatic carbocycles. The molecule has 0 radical (unpaired) electrons. The smallest absolute Gasteiger partial charge is 0.268 e. The van der Waals surface area contributed by atoms with Crippen LogP contribution in [-0.4, -0.2) is 29.9 Å². The Morgan fingerprint density at radius 2 is 2.00 bits per heavy atom. The average molecular weight is 427 g/mol. The molecule has 152 valence electrons. The van der Waals surface area contributed by atoms with Crippen LogP contribution in [0.2, 0.25) is 5.02 Å². The lowest BCUT2D eigenvalue weighted by molar-refractivity contribution is -0.141. The number of halogens is 3. The number of carbonyl (C=O) groups is 1. The third-order valence-electron chi connectivity index (χ3n) is 4.98. The lowest BCUT2D eigenvalue weighted by Gasteiger charge is -2.36. The van der Waals surface area contributed by atoms with Gasteiger partial charge in [-0.1, -0.05) is 41.9 Å². The third-order valence-corrected chi connectivity index (χ3v) is 5.27. The van der Waals surface area contributed by atoms with Crippen molar-refractivity contribution in [3.63, 3.8) is 0 Å². The zero-order valence-corrected chi connectivity index (χ0v) is 17.3. The van der Waals surface area contributed by atoms with Gasteiger partial charge in [0.1, 0.15) is 11.6 Å². The fraction of sp³-hybridized carbons (Fsp3) is 0.381. The van der Waals surface area contributed by atoms with E-state index in [9.17, 15) is 9.18 Å². The largest absolute Gasteiger partial charge is 0.474 e. The molecule has 3 rings (SSSR count). The fourth-order valence-electron chi connectivity index (χ4n) is 3.39. The summed E-state index contributed by atoms with van der Waals surface area (Å²) in [7, 11) is 0. The van der Waals surface area contributed by atoms with Gasteiger partial charge < -0.3 is 15.4 Å². The minimum absolute atomic E-state index is 0. The molecule has 0 saturated carbocycles. The highest BCUT2D eigenvalue weighted by Gasteiger charge is 2.32. The molecule has 0 aromatic heterocycles. The lowest BCUT2D eigenvalue weighted by Crippen LogP contribution is -2.47. The summed E-state index contributed by atoms with van der Waals surface area (Å²) in [5.41, 5.74) is 6.78. The van der Waals surface area contributed by atoms with Crippen molar-refractivity contribution in [1.82, 2.24) is 4.90 Å². The number of benzene rings is 2. The van der Waals surface area contributed by atoms with E-state index in [0.29, 0.717) is 13.1 Å². The van der Waals surface area contributed by atoms with E-state index in [1.54, 1.807) is 0 Å². The number of amides is 1. The van der Waals surface area contributed by atoms with E-state index in [-0.39, 0.29) is 41.0 Å². The molecule has 0 spiro atoms. The van der Waals surface area contributed by atoms with Crippen LogP contribution in [0.5, 0.6) is 5.75 Å². The van der Waals surface area contributed by atoms with Gasteiger partial charge in [0.05, 0.1) is 5.02 Å². The molecule has 2 aromatic carbocycles. The number of hydrogen-bond donors (Lipinski definition) is 1. The zero-order valence-electron chi connectivity index (χ0n) is 15.7. The summed E-state index contributed by atoms with van der Waals surface area (Å²) in [4.78, 5) is 15.1. The van der Waals surface area contributed by atoms with Gasteiger partial charge in [-0.05, 0) is 43.9 Å². The number of hydrogen-bond acceptors (Lipinski definition) is 3. The van der Waals surface area contributed by atoms with E-state index in [1.807, 2.05) is 42.2 Å². The van der Waals surface area contributed by atoms with Crippen molar-refractivity contribution in [2.75, 3.05) is 13.1 Å². The second-order valence-corrected chi connectivity index (χ2v) is 7.44. The van der Waals surface area contributed by atoms with Crippen molar-refractivity contribution in [1.29, 1.82) is 0 Å². The van der Waals surface area contributed by atoms with Gasteiger partial charge in [0.15, 0.2) is 0 Å². The standard InChI is InChI=1S/C21H24ClFN2O2.ClH/c1-14(24)16-8-5-11-25(13-16)21(26)20(15-6-3-2-4-7-15)27-19-10-9-17(23)12-18(19)22;/h2-4,6-7,9-10,12,14,16,20H,5,8,11,13,24H2,1H3;1H. The Balaban J connectivity index is 0.00000280. The van der Waals surface area contributed by atoms with E-state index in [4.69, 9.17) is 22.1 Å². The SMILES string of the molecule is CC(N)C1CCCN(C(=O)C(Oc2ccc(F)cc2Cl)c2ccccc2)C1.Cl. The van der Waals surface area contributed by atoms with Crippen LogP contribution in [-0.2, 0) is 4.79 Å². The predicted molar refractivity (Wildman–Crippen MR) is 111 cm³/mol. The van der Waals surface area contributed by atoms with Gasteiger partial charge >= 0.3 is 0 Å². The number of carbonyl (C=O) groups excluding carboxylic acids is 1. The molecule has 1 fully saturated rings. The number of nitrogens with two attached hydrogens (primary N) is 1. The molecule has 0 bridgehead atoms. The van der Waals surface area contributed by atoms with Gasteiger partial charge in [-0.25, -0.2) is 4.39 Å². The highest BCUT2D eigenvalue weighted by Crippen LogP contribution is 2.32. The summed E-state index contributed by atoms with van der Waals surface area (Å²) in [6, 6.07) is 13.2. The topological polar surface area (TPSA) is 55.6 Å². The molecule has 4 nitrogen and oxygen atoms in total. The first-order chi connectivity index (χ1) is 13.0. The number of rotatable bonds is 5. The van der Waals surface area contributed by atoms with E-state index in [2.05, 4.69) is 0 Å². The number of nitrogens with zero attached hydrogens (tertiary/aromatic N) is 1. The van der Waals surface area contributed by atoms with Gasteiger partial charge in [0.25, 0.3) is 5.91 Å². The summed E-state index contributed by atoms with van der Waals surface area (Å²) in [6.07, 6.45) is 1.08. The van der Waals surface area contributed by atoms with E-state index < -0.39 is 11.9 Å². The Labute approximate surface area is 176 Å². The van der Waals surface area contributed by atoms with Gasteiger partial charge in [-0.15, -0.1) is 12.4 Å². The molecule has 1 aliphatic rings. The first-order valence-electron chi connectivity index (χ1n) is 9.16. The minimum atomic E-state index is -0.846. The molecule has 28 heavy (non-hydrogen) atoms. The van der Waals surface area contributed by atoms with Crippen LogP contribution >= 0.6 is 24.0 Å². The van der Waals surface area contributed by atoms with Crippen LogP contribution < -0.4 is 10.5 Å². The molecule has 2 aromatic rings. The monoisotopic (exact) mass is 426 g/mol.